The van der Waals surface area contributed by atoms with E-state index < -0.39 is 0 Å². The molecule has 28 heavy (non-hydrogen) atoms. The van der Waals surface area contributed by atoms with E-state index in [1.807, 2.05) is 18.2 Å². The van der Waals surface area contributed by atoms with Gasteiger partial charge in [-0.25, -0.2) is 0 Å². The smallest absolute Gasteiger partial charge is 0.161 e. The number of hydrogen-bond donors (Lipinski definition) is 0. The lowest BCUT2D eigenvalue weighted by molar-refractivity contribution is 0.176. The molecule has 2 aliphatic rings. The number of piperazine rings is 1. The Morgan fingerprint density at radius 2 is 1.64 bits per heavy atom. The Balaban J connectivity index is 1.50. The first-order chi connectivity index (χ1) is 13.6. The Labute approximate surface area is 171 Å². The number of rotatable bonds is 5. The molecule has 2 atom stereocenters. The number of halogens is 1. The fourth-order valence-corrected chi connectivity index (χ4v) is 4.75. The molecule has 2 aromatic rings. The molecule has 150 valence electrons. The first kappa shape index (κ1) is 19.2. The zero-order valence-electron chi connectivity index (χ0n) is 16.7. The van der Waals surface area contributed by atoms with Crippen LogP contribution in [0.1, 0.15) is 24.4 Å². The van der Waals surface area contributed by atoms with Gasteiger partial charge in [-0.3, -0.25) is 4.90 Å². The number of methoxy groups -OCH3 is 3. The summed E-state index contributed by atoms with van der Waals surface area (Å²) in [4.78, 5) is 5.09. The Bertz CT molecular complexity index is 845. The fourth-order valence-electron chi connectivity index (χ4n) is 4.55. The van der Waals surface area contributed by atoms with Crippen molar-refractivity contribution in [2.45, 2.75) is 24.9 Å². The topological polar surface area (TPSA) is 34.2 Å². The minimum absolute atomic E-state index is 0.437. The average Bonchev–Trinajstić information content (AvgIpc) is 3.16. The van der Waals surface area contributed by atoms with E-state index in [0.29, 0.717) is 17.1 Å². The van der Waals surface area contributed by atoms with Gasteiger partial charge < -0.3 is 19.1 Å². The highest BCUT2D eigenvalue weighted by Crippen LogP contribution is 2.41. The molecule has 4 rings (SSSR count). The molecule has 0 N–H and O–H groups in total. The van der Waals surface area contributed by atoms with Gasteiger partial charge in [-0.2, -0.15) is 0 Å². The van der Waals surface area contributed by atoms with Crippen LogP contribution in [0.5, 0.6) is 17.2 Å². The largest absolute Gasteiger partial charge is 0.495 e. The quantitative estimate of drug-likeness (QED) is 0.740. The van der Waals surface area contributed by atoms with Crippen molar-refractivity contribution in [2.24, 2.45) is 0 Å². The second-order valence-electron chi connectivity index (χ2n) is 7.36. The van der Waals surface area contributed by atoms with E-state index in [4.69, 9.17) is 25.8 Å². The molecule has 0 spiro atoms. The molecular weight excluding hydrogens is 376 g/mol. The van der Waals surface area contributed by atoms with Crippen LogP contribution in [0.2, 0.25) is 5.02 Å². The predicted molar refractivity (Wildman–Crippen MR) is 112 cm³/mol. The molecule has 0 amide bonds. The lowest BCUT2D eigenvalue weighted by atomic mass is 10.0. The van der Waals surface area contributed by atoms with Crippen molar-refractivity contribution in [3.05, 3.63) is 47.0 Å². The molecule has 2 aliphatic heterocycles. The number of ether oxygens (including phenoxy) is 3. The minimum Gasteiger partial charge on any atom is -0.495 e. The summed E-state index contributed by atoms with van der Waals surface area (Å²) in [6.45, 7) is 3.05. The summed E-state index contributed by atoms with van der Waals surface area (Å²) in [5.41, 5.74) is 2.48. The SMILES string of the molecule is COc1cc(N2CCN3[C@H](CC[C@H]3c3ccc(OC)c(OC)c3)C2)ccc1Cl. The summed E-state index contributed by atoms with van der Waals surface area (Å²) < 4.78 is 16.3. The van der Waals surface area contributed by atoms with Crippen molar-refractivity contribution in [1.29, 1.82) is 0 Å². The number of nitrogens with zero attached hydrogens (tertiary/aromatic N) is 2. The second-order valence-corrected chi connectivity index (χ2v) is 7.77. The third-order valence-electron chi connectivity index (χ3n) is 5.99. The molecule has 2 heterocycles. The van der Waals surface area contributed by atoms with Crippen molar-refractivity contribution in [1.82, 2.24) is 4.90 Å². The molecule has 0 saturated carbocycles. The highest BCUT2D eigenvalue weighted by Gasteiger charge is 2.38. The predicted octanol–water partition coefficient (Wildman–Crippen LogP) is 4.39. The van der Waals surface area contributed by atoms with Crippen molar-refractivity contribution in [2.75, 3.05) is 45.9 Å². The summed E-state index contributed by atoms with van der Waals surface area (Å²) in [6.07, 6.45) is 2.36. The van der Waals surface area contributed by atoms with Gasteiger partial charge >= 0.3 is 0 Å². The molecule has 0 bridgehead atoms. The van der Waals surface area contributed by atoms with Crippen LogP contribution >= 0.6 is 11.6 Å². The molecule has 2 saturated heterocycles. The summed E-state index contributed by atoms with van der Waals surface area (Å²) in [5, 5.41) is 0.652. The molecule has 0 radical (unpaired) electrons. The van der Waals surface area contributed by atoms with Crippen LogP contribution in [0.3, 0.4) is 0 Å². The van der Waals surface area contributed by atoms with E-state index in [1.165, 1.54) is 17.7 Å². The van der Waals surface area contributed by atoms with Gasteiger partial charge in [0.1, 0.15) is 5.75 Å². The van der Waals surface area contributed by atoms with Crippen molar-refractivity contribution < 1.29 is 14.2 Å². The highest BCUT2D eigenvalue weighted by atomic mass is 35.5. The van der Waals surface area contributed by atoms with E-state index in [9.17, 15) is 0 Å². The van der Waals surface area contributed by atoms with E-state index in [1.54, 1.807) is 21.3 Å². The van der Waals surface area contributed by atoms with Gasteiger partial charge in [0.15, 0.2) is 11.5 Å². The monoisotopic (exact) mass is 402 g/mol. The van der Waals surface area contributed by atoms with Gasteiger partial charge in [-0.05, 0) is 42.7 Å². The third kappa shape index (κ3) is 3.49. The number of hydrogen-bond acceptors (Lipinski definition) is 5. The summed E-state index contributed by atoms with van der Waals surface area (Å²) in [6, 6.07) is 13.3. The van der Waals surface area contributed by atoms with E-state index in [-0.39, 0.29) is 0 Å². The maximum absolute atomic E-state index is 6.19. The number of anilines is 1. The maximum atomic E-state index is 6.19. The molecule has 0 aromatic heterocycles. The second kappa shape index (κ2) is 8.10. The summed E-state index contributed by atoms with van der Waals surface area (Å²) in [5.74, 6) is 2.31. The van der Waals surface area contributed by atoms with Crippen molar-refractivity contribution in [3.8, 4) is 17.2 Å². The van der Waals surface area contributed by atoms with Crippen LogP contribution in [0, 0.1) is 0 Å². The van der Waals surface area contributed by atoms with E-state index in [2.05, 4.69) is 28.0 Å². The first-order valence-electron chi connectivity index (χ1n) is 9.70. The molecule has 6 heteroatoms. The Kier molecular flexibility index (Phi) is 5.56. The average molecular weight is 403 g/mol. The van der Waals surface area contributed by atoms with E-state index in [0.717, 1.165) is 43.3 Å². The number of fused-ring (bicyclic) bond motifs is 1. The lowest BCUT2D eigenvalue weighted by Gasteiger charge is -2.41. The Morgan fingerprint density at radius 3 is 2.39 bits per heavy atom. The summed E-state index contributed by atoms with van der Waals surface area (Å²) in [7, 11) is 5.03. The van der Waals surface area contributed by atoms with Crippen LogP contribution in [0.15, 0.2) is 36.4 Å². The third-order valence-corrected chi connectivity index (χ3v) is 6.31. The maximum Gasteiger partial charge on any atom is 0.161 e. The minimum atomic E-state index is 0.437. The zero-order chi connectivity index (χ0) is 19.7. The molecule has 0 aliphatic carbocycles. The van der Waals surface area contributed by atoms with Gasteiger partial charge in [0.05, 0.1) is 26.4 Å². The van der Waals surface area contributed by atoms with Crippen LogP contribution in [0.4, 0.5) is 5.69 Å². The normalized spacial score (nSPS) is 22.1. The fraction of sp³-hybridized carbons (Fsp3) is 0.455. The molecule has 2 fully saturated rings. The van der Waals surface area contributed by atoms with Gasteiger partial charge in [-0.1, -0.05) is 17.7 Å². The van der Waals surface area contributed by atoms with E-state index >= 15 is 0 Å². The first-order valence-corrected chi connectivity index (χ1v) is 10.1. The van der Waals surface area contributed by atoms with Crippen LogP contribution in [0.25, 0.3) is 0 Å². The van der Waals surface area contributed by atoms with Crippen LogP contribution in [-0.4, -0.2) is 51.9 Å². The highest BCUT2D eigenvalue weighted by molar-refractivity contribution is 6.32. The van der Waals surface area contributed by atoms with Crippen LogP contribution < -0.4 is 19.1 Å². The molecule has 0 unspecified atom stereocenters. The van der Waals surface area contributed by atoms with Gasteiger partial charge in [0.25, 0.3) is 0 Å². The van der Waals surface area contributed by atoms with Crippen LogP contribution in [-0.2, 0) is 0 Å². The zero-order valence-corrected chi connectivity index (χ0v) is 17.4. The Morgan fingerprint density at radius 1 is 0.857 bits per heavy atom. The van der Waals surface area contributed by atoms with Crippen molar-refractivity contribution in [3.63, 3.8) is 0 Å². The molecule has 2 aromatic carbocycles. The Hall–Kier alpha value is -2.11. The molecule has 5 nitrogen and oxygen atoms in total. The molecular formula is C22H27ClN2O3. The summed E-state index contributed by atoms with van der Waals surface area (Å²) >= 11 is 6.19. The van der Waals surface area contributed by atoms with Crippen molar-refractivity contribution >= 4 is 17.3 Å². The van der Waals surface area contributed by atoms with Gasteiger partial charge in [0.2, 0.25) is 0 Å². The number of benzene rings is 2. The van der Waals surface area contributed by atoms with Gasteiger partial charge in [-0.15, -0.1) is 0 Å². The standard InChI is InChI=1S/C22H27ClN2O3/c1-26-20-9-4-15(12-22(20)28-3)19-8-6-17-14-24(10-11-25(17)19)16-5-7-18(23)21(13-16)27-2/h4-5,7,9,12-13,17,19H,6,8,10-11,14H2,1-3H3/t17-,19+/m1/s1. The lowest BCUT2D eigenvalue weighted by Crippen LogP contribution is -2.50. The van der Waals surface area contributed by atoms with Gasteiger partial charge in [0, 0.05) is 43.5 Å².